The number of anilines is 1. The van der Waals surface area contributed by atoms with Crippen LogP contribution in [0.3, 0.4) is 0 Å². The molecule has 1 amide bonds. The lowest BCUT2D eigenvalue weighted by Gasteiger charge is -2.31. The predicted molar refractivity (Wildman–Crippen MR) is 104 cm³/mol. The summed E-state index contributed by atoms with van der Waals surface area (Å²) in [6.07, 6.45) is 4.30. The Balaban J connectivity index is 1.68. The van der Waals surface area contributed by atoms with E-state index in [0.717, 1.165) is 0 Å². The fraction of sp³-hybridized carbons (Fsp3) is 0.474. The number of nitrogens with zero attached hydrogens (tertiary/aromatic N) is 2. The molecule has 2 aliphatic rings. The molecule has 0 spiro atoms. The number of benzene rings is 1. The van der Waals surface area contributed by atoms with E-state index in [1.165, 1.54) is 28.6 Å². The van der Waals surface area contributed by atoms with E-state index in [2.05, 4.69) is 10.2 Å². The summed E-state index contributed by atoms with van der Waals surface area (Å²) in [5.74, 6) is -2.75. The van der Waals surface area contributed by atoms with Crippen molar-refractivity contribution in [2.24, 2.45) is 11.8 Å². The van der Waals surface area contributed by atoms with Crippen LogP contribution in [0.25, 0.3) is 0 Å². The van der Waals surface area contributed by atoms with Gasteiger partial charge in [-0.15, -0.1) is 0 Å². The number of piperazine rings is 1. The van der Waals surface area contributed by atoms with E-state index < -0.39 is 27.8 Å². The molecule has 152 valence electrons. The standard InChI is InChI=1S/C19H25N3O5S/c1-21-10-12-22(13-11-21)28(26,27)15-8-6-14(7-9-15)20-18(23)16-4-2-3-5-17(16)19(24)25/h2-3,6-9,16-17H,4-5,10-13H2,1H3,(H,20,23)(H,24,25)/t16-,17+/m1/s1. The Bertz CT molecular complexity index is 858. The van der Waals surface area contributed by atoms with Crippen LogP contribution in [0.15, 0.2) is 41.3 Å². The molecule has 1 fully saturated rings. The van der Waals surface area contributed by atoms with Gasteiger partial charge in [0.15, 0.2) is 0 Å². The van der Waals surface area contributed by atoms with Crippen molar-refractivity contribution in [3.63, 3.8) is 0 Å². The van der Waals surface area contributed by atoms with Crippen LogP contribution in [0.2, 0.25) is 0 Å². The molecule has 1 aromatic carbocycles. The number of likely N-dealkylation sites (N-methyl/N-ethyl adjacent to an activating group) is 1. The lowest BCUT2D eigenvalue weighted by atomic mass is 9.82. The van der Waals surface area contributed by atoms with Gasteiger partial charge >= 0.3 is 5.97 Å². The number of carbonyl (C=O) groups is 2. The van der Waals surface area contributed by atoms with Crippen molar-refractivity contribution >= 4 is 27.6 Å². The zero-order valence-corrected chi connectivity index (χ0v) is 16.6. The van der Waals surface area contributed by atoms with Crippen molar-refractivity contribution in [3.8, 4) is 0 Å². The van der Waals surface area contributed by atoms with Crippen LogP contribution in [0.4, 0.5) is 5.69 Å². The van der Waals surface area contributed by atoms with Crippen LogP contribution >= 0.6 is 0 Å². The predicted octanol–water partition coefficient (Wildman–Crippen LogP) is 1.23. The Morgan fingerprint density at radius 3 is 2.14 bits per heavy atom. The zero-order chi connectivity index (χ0) is 20.3. The number of sulfonamides is 1. The number of aliphatic carboxylic acids is 1. The average molecular weight is 407 g/mol. The van der Waals surface area contributed by atoms with E-state index >= 15 is 0 Å². The molecule has 28 heavy (non-hydrogen) atoms. The van der Waals surface area contributed by atoms with Gasteiger partial charge in [0.2, 0.25) is 15.9 Å². The summed E-state index contributed by atoms with van der Waals surface area (Å²) >= 11 is 0. The Labute approximate surface area is 164 Å². The summed E-state index contributed by atoms with van der Waals surface area (Å²) in [7, 11) is -1.61. The van der Waals surface area contributed by atoms with Crippen LogP contribution in [0.5, 0.6) is 0 Å². The van der Waals surface area contributed by atoms with Gasteiger partial charge in [-0.3, -0.25) is 9.59 Å². The molecule has 0 saturated carbocycles. The van der Waals surface area contributed by atoms with Crippen LogP contribution in [-0.2, 0) is 19.6 Å². The first-order valence-corrected chi connectivity index (χ1v) is 10.7. The molecule has 2 N–H and O–H groups in total. The van der Waals surface area contributed by atoms with Gasteiger partial charge < -0.3 is 15.3 Å². The summed E-state index contributed by atoms with van der Waals surface area (Å²) in [5, 5.41) is 12.0. The Morgan fingerprint density at radius 1 is 1.00 bits per heavy atom. The molecule has 3 rings (SSSR count). The number of carboxylic acid groups (broad SMARTS) is 1. The maximum absolute atomic E-state index is 12.7. The fourth-order valence-corrected chi connectivity index (χ4v) is 4.92. The second kappa shape index (κ2) is 8.42. The number of carbonyl (C=O) groups excluding carboxylic acids is 1. The maximum Gasteiger partial charge on any atom is 0.307 e. The minimum atomic E-state index is -3.56. The molecule has 9 heteroatoms. The molecule has 2 atom stereocenters. The van der Waals surface area contributed by atoms with Gasteiger partial charge in [-0.05, 0) is 44.2 Å². The minimum absolute atomic E-state index is 0.180. The van der Waals surface area contributed by atoms with Crippen molar-refractivity contribution in [2.45, 2.75) is 17.7 Å². The number of rotatable bonds is 5. The Hall–Kier alpha value is -2.23. The SMILES string of the molecule is CN1CCN(S(=O)(=O)c2ccc(NC(=O)[C@@H]3CC=CC[C@@H]3C(=O)O)cc2)CC1. The third kappa shape index (κ3) is 4.43. The third-order valence-electron chi connectivity index (χ3n) is 5.31. The Kier molecular flexibility index (Phi) is 6.17. The molecule has 0 unspecified atom stereocenters. The van der Waals surface area contributed by atoms with Crippen LogP contribution in [0, 0.1) is 11.8 Å². The molecular weight excluding hydrogens is 382 g/mol. The van der Waals surface area contributed by atoms with E-state index in [0.29, 0.717) is 44.7 Å². The second-order valence-electron chi connectivity index (χ2n) is 7.22. The summed E-state index contributed by atoms with van der Waals surface area (Å²) in [6.45, 7) is 2.27. The van der Waals surface area contributed by atoms with Gasteiger partial charge in [0, 0.05) is 31.9 Å². The molecule has 1 saturated heterocycles. The van der Waals surface area contributed by atoms with E-state index in [9.17, 15) is 23.1 Å². The minimum Gasteiger partial charge on any atom is -0.481 e. The van der Waals surface area contributed by atoms with Crippen LogP contribution < -0.4 is 5.32 Å². The largest absolute Gasteiger partial charge is 0.481 e. The van der Waals surface area contributed by atoms with Crippen LogP contribution in [-0.4, -0.2) is 67.8 Å². The highest BCUT2D eigenvalue weighted by Gasteiger charge is 2.34. The summed E-state index contributed by atoms with van der Waals surface area (Å²) in [6, 6.07) is 6.02. The maximum atomic E-state index is 12.7. The number of carboxylic acids is 1. The molecule has 0 aromatic heterocycles. The van der Waals surface area contributed by atoms with E-state index in [1.54, 1.807) is 6.08 Å². The van der Waals surface area contributed by atoms with Crippen molar-refractivity contribution < 1.29 is 23.1 Å². The summed E-state index contributed by atoms with van der Waals surface area (Å²) in [4.78, 5) is 26.1. The molecule has 1 aromatic rings. The first-order valence-electron chi connectivity index (χ1n) is 9.26. The van der Waals surface area contributed by atoms with Gasteiger partial charge in [-0.2, -0.15) is 4.31 Å². The lowest BCUT2D eigenvalue weighted by Crippen LogP contribution is -2.46. The molecule has 1 aliphatic carbocycles. The molecule has 8 nitrogen and oxygen atoms in total. The highest BCUT2D eigenvalue weighted by molar-refractivity contribution is 7.89. The van der Waals surface area contributed by atoms with Gasteiger partial charge in [0.25, 0.3) is 0 Å². The highest BCUT2D eigenvalue weighted by Crippen LogP contribution is 2.27. The van der Waals surface area contributed by atoms with Gasteiger partial charge in [-0.25, -0.2) is 8.42 Å². The molecule has 1 heterocycles. The van der Waals surface area contributed by atoms with Crippen molar-refractivity contribution in [3.05, 3.63) is 36.4 Å². The third-order valence-corrected chi connectivity index (χ3v) is 7.22. The molecule has 0 radical (unpaired) electrons. The number of hydrogen-bond acceptors (Lipinski definition) is 5. The topological polar surface area (TPSA) is 107 Å². The zero-order valence-electron chi connectivity index (χ0n) is 15.7. The number of hydrogen-bond donors (Lipinski definition) is 2. The van der Waals surface area contributed by atoms with Gasteiger partial charge in [-0.1, -0.05) is 12.2 Å². The van der Waals surface area contributed by atoms with Crippen LogP contribution in [0.1, 0.15) is 12.8 Å². The fourth-order valence-electron chi connectivity index (χ4n) is 3.50. The monoisotopic (exact) mass is 407 g/mol. The smallest absolute Gasteiger partial charge is 0.307 e. The van der Waals surface area contributed by atoms with E-state index in [1.807, 2.05) is 13.1 Å². The second-order valence-corrected chi connectivity index (χ2v) is 9.15. The van der Waals surface area contributed by atoms with Crippen molar-refractivity contribution in [1.82, 2.24) is 9.21 Å². The summed E-state index contributed by atoms with van der Waals surface area (Å²) in [5.41, 5.74) is 0.445. The Morgan fingerprint density at radius 2 is 1.57 bits per heavy atom. The van der Waals surface area contributed by atoms with E-state index in [4.69, 9.17) is 0 Å². The lowest BCUT2D eigenvalue weighted by molar-refractivity contribution is -0.146. The molecular formula is C19H25N3O5S. The van der Waals surface area contributed by atoms with Gasteiger partial charge in [0.05, 0.1) is 16.7 Å². The van der Waals surface area contributed by atoms with Gasteiger partial charge in [0.1, 0.15) is 0 Å². The number of nitrogens with one attached hydrogen (secondary N) is 1. The van der Waals surface area contributed by atoms with Crippen molar-refractivity contribution in [2.75, 3.05) is 38.5 Å². The average Bonchev–Trinajstić information content (AvgIpc) is 2.68. The quantitative estimate of drug-likeness (QED) is 0.711. The normalized spacial score (nSPS) is 24.0. The number of allylic oxidation sites excluding steroid dienone is 2. The van der Waals surface area contributed by atoms with Crippen molar-refractivity contribution in [1.29, 1.82) is 0 Å². The molecule has 0 bridgehead atoms. The highest BCUT2D eigenvalue weighted by atomic mass is 32.2. The first kappa shape index (κ1) is 20.5. The summed E-state index contributed by atoms with van der Waals surface area (Å²) < 4.78 is 26.9. The number of amides is 1. The molecule has 1 aliphatic heterocycles. The first-order chi connectivity index (χ1) is 13.3. The van der Waals surface area contributed by atoms with E-state index in [-0.39, 0.29) is 10.8 Å².